The number of carbonyl (C=O) groups excluding carboxylic acids is 1. The molecule has 122 valence electrons. The number of nitrogens with zero attached hydrogens (tertiary/aromatic N) is 1. The van der Waals surface area contributed by atoms with Crippen LogP contribution in [0, 0.1) is 6.92 Å². The molecule has 0 aliphatic carbocycles. The van der Waals surface area contributed by atoms with Crippen molar-refractivity contribution in [3.63, 3.8) is 0 Å². The molecule has 0 unspecified atom stereocenters. The quantitative estimate of drug-likeness (QED) is 0.876. The summed E-state index contributed by atoms with van der Waals surface area (Å²) in [4.78, 5) is 14.1. The molecule has 0 radical (unpaired) electrons. The van der Waals surface area contributed by atoms with Gasteiger partial charge in [0.25, 0.3) is 0 Å². The summed E-state index contributed by atoms with van der Waals surface area (Å²) in [5, 5.41) is 3.58. The van der Waals surface area contributed by atoms with Gasteiger partial charge in [-0.1, -0.05) is 23.7 Å². The van der Waals surface area contributed by atoms with Crippen LogP contribution in [0.5, 0.6) is 5.75 Å². The van der Waals surface area contributed by atoms with Gasteiger partial charge in [0.1, 0.15) is 5.75 Å². The molecule has 0 saturated heterocycles. The zero-order chi connectivity index (χ0) is 16.8. The first kappa shape index (κ1) is 17.3. The zero-order valence-corrected chi connectivity index (χ0v) is 14.4. The Kier molecular flexibility index (Phi) is 6.02. The zero-order valence-electron chi connectivity index (χ0n) is 13.6. The molecule has 0 atom stereocenters. The van der Waals surface area contributed by atoms with E-state index in [0.29, 0.717) is 18.1 Å². The summed E-state index contributed by atoms with van der Waals surface area (Å²) in [6.07, 6.45) is 0. The van der Waals surface area contributed by atoms with E-state index in [2.05, 4.69) is 5.32 Å². The van der Waals surface area contributed by atoms with Crippen LogP contribution in [-0.2, 0) is 11.3 Å². The Hall–Kier alpha value is -2.04. The van der Waals surface area contributed by atoms with Gasteiger partial charge in [-0.3, -0.25) is 9.69 Å². The molecule has 1 amide bonds. The minimum Gasteiger partial charge on any atom is -0.497 e. The van der Waals surface area contributed by atoms with Gasteiger partial charge < -0.3 is 10.1 Å². The molecule has 1 N–H and O–H groups in total. The van der Waals surface area contributed by atoms with E-state index in [1.54, 1.807) is 13.2 Å². The van der Waals surface area contributed by atoms with Crippen molar-refractivity contribution in [1.82, 2.24) is 4.90 Å². The van der Waals surface area contributed by atoms with E-state index in [0.717, 1.165) is 22.6 Å². The topological polar surface area (TPSA) is 41.6 Å². The number of ether oxygens (including phenoxy) is 1. The van der Waals surface area contributed by atoms with Crippen LogP contribution < -0.4 is 10.1 Å². The molecule has 0 saturated carbocycles. The molecule has 2 aromatic carbocycles. The average Bonchev–Trinajstić information content (AvgIpc) is 2.50. The Morgan fingerprint density at radius 3 is 2.52 bits per heavy atom. The maximum absolute atomic E-state index is 12.1. The predicted octanol–water partition coefficient (Wildman–Crippen LogP) is 3.73. The van der Waals surface area contributed by atoms with E-state index in [-0.39, 0.29) is 5.91 Å². The van der Waals surface area contributed by atoms with Crippen LogP contribution in [0.25, 0.3) is 0 Å². The highest BCUT2D eigenvalue weighted by molar-refractivity contribution is 6.30. The molecule has 2 aromatic rings. The van der Waals surface area contributed by atoms with E-state index < -0.39 is 0 Å². The number of anilines is 1. The molecule has 0 aliphatic heterocycles. The van der Waals surface area contributed by atoms with Gasteiger partial charge in [-0.05, 0) is 55.4 Å². The van der Waals surface area contributed by atoms with Crippen molar-refractivity contribution in [2.45, 2.75) is 13.5 Å². The van der Waals surface area contributed by atoms with Crippen molar-refractivity contribution in [1.29, 1.82) is 0 Å². The highest BCUT2D eigenvalue weighted by atomic mass is 35.5. The summed E-state index contributed by atoms with van der Waals surface area (Å²) in [5.41, 5.74) is 2.87. The van der Waals surface area contributed by atoms with Gasteiger partial charge in [-0.25, -0.2) is 0 Å². The van der Waals surface area contributed by atoms with E-state index in [9.17, 15) is 4.79 Å². The standard InChI is InChI=1S/C18H21ClN2O2/c1-13-10-15(19)6-9-17(13)20-18(22)12-21(2)11-14-4-7-16(23-3)8-5-14/h4-10H,11-12H2,1-3H3,(H,20,22). The number of benzene rings is 2. The van der Waals surface area contributed by atoms with Gasteiger partial charge in [0.05, 0.1) is 13.7 Å². The fraction of sp³-hybridized carbons (Fsp3) is 0.278. The van der Waals surface area contributed by atoms with Crippen LogP contribution in [0.4, 0.5) is 5.69 Å². The molecule has 4 nitrogen and oxygen atoms in total. The first-order valence-corrected chi connectivity index (χ1v) is 7.73. The third-order valence-electron chi connectivity index (χ3n) is 3.49. The summed E-state index contributed by atoms with van der Waals surface area (Å²) < 4.78 is 5.14. The molecule has 0 aromatic heterocycles. The van der Waals surface area contributed by atoms with Crippen LogP contribution in [-0.4, -0.2) is 31.5 Å². The van der Waals surface area contributed by atoms with E-state index in [4.69, 9.17) is 16.3 Å². The number of hydrogen-bond acceptors (Lipinski definition) is 3. The molecule has 0 aliphatic rings. The molecule has 0 bridgehead atoms. The molecule has 23 heavy (non-hydrogen) atoms. The fourth-order valence-corrected chi connectivity index (χ4v) is 2.53. The predicted molar refractivity (Wildman–Crippen MR) is 94.1 cm³/mol. The summed E-state index contributed by atoms with van der Waals surface area (Å²) in [6, 6.07) is 13.2. The Morgan fingerprint density at radius 1 is 1.22 bits per heavy atom. The van der Waals surface area contributed by atoms with Crippen LogP contribution >= 0.6 is 11.6 Å². The molecule has 5 heteroatoms. The van der Waals surface area contributed by atoms with Crippen LogP contribution in [0.2, 0.25) is 5.02 Å². The maximum atomic E-state index is 12.1. The number of carbonyl (C=O) groups is 1. The van der Waals surface area contributed by atoms with E-state index in [1.165, 1.54) is 0 Å². The smallest absolute Gasteiger partial charge is 0.238 e. The van der Waals surface area contributed by atoms with Gasteiger partial charge in [-0.2, -0.15) is 0 Å². The Labute approximate surface area is 142 Å². The summed E-state index contributed by atoms with van der Waals surface area (Å²) in [6.45, 7) is 2.92. The number of halogens is 1. The largest absolute Gasteiger partial charge is 0.497 e. The number of rotatable bonds is 6. The monoisotopic (exact) mass is 332 g/mol. The van der Waals surface area contributed by atoms with E-state index >= 15 is 0 Å². The number of hydrogen-bond donors (Lipinski definition) is 1. The molecular weight excluding hydrogens is 312 g/mol. The number of nitrogens with one attached hydrogen (secondary N) is 1. The lowest BCUT2D eigenvalue weighted by Gasteiger charge is -2.17. The molecule has 0 heterocycles. The van der Waals surface area contributed by atoms with Crippen molar-refractivity contribution in [2.75, 3.05) is 26.0 Å². The van der Waals surface area contributed by atoms with Gasteiger partial charge in [0.2, 0.25) is 5.91 Å². The highest BCUT2D eigenvalue weighted by Crippen LogP contribution is 2.19. The lowest BCUT2D eigenvalue weighted by atomic mass is 10.2. The molecule has 0 fully saturated rings. The highest BCUT2D eigenvalue weighted by Gasteiger charge is 2.09. The van der Waals surface area contributed by atoms with Crippen LogP contribution in [0.15, 0.2) is 42.5 Å². The first-order valence-electron chi connectivity index (χ1n) is 7.35. The van der Waals surface area contributed by atoms with Crippen molar-refractivity contribution >= 4 is 23.2 Å². The average molecular weight is 333 g/mol. The van der Waals surface area contributed by atoms with Crippen molar-refractivity contribution in [3.8, 4) is 5.75 Å². The van der Waals surface area contributed by atoms with E-state index in [1.807, 2.05) is 55.3 Å². The number of amides is 1. The first-order chi connectivity index (χ1) is 11.0. The summed E-state index contributed by atoms with van der Waals surface area (Å²) >= 11 is 5.92. The van der Waals surface area contributed by atoms with Gasteiger partial charge in [0, 0.05) is 17.3 Å². The summed E-state index contributed by atoms with van der Waals surface area (Å²) in [7, 11) is 3.56. The second-order valence-electron chi connectivity index (χ2n) is 5.53. The van der Waals surface area contributed by atoms with Crippen LogP contribution in [0.3, 0.4) is 0 Å². The van der Waals surface area contributed by atoms with Crippen molar-refractivity contribution in [2.24, 2.45) is 0 Å². The normalized spacial score (nSPS) is 10.7. The molecule has 2 rings (SSSR count). The minimum atomic E-state index is -0.0496. The number of aryl methyl sites for hydroxylation is 1. The van der Waals surface area contributed by atoms with Crippen molar-refractivity contribution in [3.05, 3.63) is 58.6 Å². The minimum absolute atomic E-state index is 0.0496. The number of likely N-dealkylation sites (N-methyl/N-ethyl adjacent to an activating group) is 1. The van der Waals surface area contributed by atoms with Gasteiger partial charge in [-0.15, -0.1) is 0 Å². The van der Waals surface area contributed by atoms with Crippen molar-refractivity contribution < 1.29 is 9.53 Å². The second kappa shape index (κ2) is 7.99. The summed E-state index contributed by atoms with van der Waals surface area (Å²) in [5.74, 6) is 0.777. The Bertz CT molecular complexity index is 671. The third-order valence-corrected chi connectivity index (χ3v) is 3.72. The number of methoxy groups -OCH3 is 1. The lowest BCUT2D eigenvalue weighted by Crippen LogP contribution is -2.30. The maximum Gasteiger partial charge on any atom is 0.238 e. The second-order valence-corrected chi connectivity index (χ2v) is 5.96. The van der Waals surface area contributed by atoms with Gasteiger partial charge >= 0.3 is 0 Å². The molecular formula is C18H21ClN2O2. The van der Waals surface area contributed by atoms with Gasteiger partial charge in [0.15, 0.2) is 0 Å². The Morgan fingerprint density at radius 2 is 1.91 bits per heavy atom. The van der Waals surface area contributed by atoms with Crippen LogP contribution in [0.1, 0.15) is 11.1 Å². The third kappa shape index (κ3) is 5.27. The Balaban J connectivity index is 1.88. The SMILES string of the molecule is COc1ccc(CN(C)CC(=O)Nc2ccc(Cl)cc2C)cc1. The fourth-order valence-electron chi connectivity index (χ4n) is 2.30. The molecule has 0 spiro atoms. The lowest BCUT2D eigenvalue weighted by molar-refractivity contribution is -0.117.